The summed E-state index contributed by atoms with van der Waals surface area (Å²) in [5, 5.41) is 2.24. The van der Waals surface area contributed by atoms with Crippen molar-refractivity contribution < 1.29 is 23.8 Å². The van der Waals surface area contributed by atoms with Gasteiger partial charge in [-0.25, -0.2) is 4.98 Å². The number of ether oxygens (including phenoxy) is 3. The number of rotatable bonds is 8. The second-order valence-corrected chi connectivity index (χ2v) is 7.13. The maximum Gasteiger partial charge on any atom is 0.310 e. The van der Waals surface area contributed by atoms with Gasteiger partial charge in [-0.2, -0.15) is 0 Å². The first kappa shape index (κ1) is 21.3. The molecule has 0 aliphatic rings. The highest BCUT2D eigenvalue weighted by molar-refractivity contribution is 7.14. The number of amides is 1. The number of esters is 1. The molecule has 3 rings (SSSR count). The molecule has 3 aromatic rings. The summed E-state index contributed by atoms with van der Waals surface area (Å²) in [5.41, 5.74) is 1.91. The molecule has 0 unspecified atom stereocenters. The maximum absolute atomic E-state index is 12.3. The molecule has 2 aromatic carbocycles. The molecule has 0 bridgehead atoms. The van der Waals surface area contributed by atoms with Crippen LogP contribution in [-0.2, 0) is 27.4 Å². The lowest BCUT2D eigenvalue weighted by molar-refractivity contribution is -0.144. The summed E-state index contributed by atoms with van der Waals surface area (Å²) in [6, 6.07) is 14.5. The molecule has 156 valence electrons. The van der Waals surface area contributed by atoms with E-state index in [4.69, 9.17) is 14.2 Å². The summed E-state index contributed by atoms with van der Waals surface area (Å²) < 4.78 is 16.0. The summed E-state index contributed by atoms with van der Waals surface area (Å²) >= 11 is 1.29. The van der Waals surface area contributed by atoms with E-state index in [0.717, 1.165) is 5.56 Å². The van der Waals surface area contributed by atoms with Crippen LogP contribution >= 0.6 is 11.3 Å². The third kappa shape index (κ3) is 4.96. The second-order valence-electron chi connectivity index (χ2n) is 6.30. The third-order valence-electron chi connectivity index (χ3n) is 4.28. The lowest BCUT2D eigenvalue weighted by atomic mass is 10.1. The van der Waals surface area contributed by atoms with Crippen LogP contribution in [0.25, 0.3) is 0 Å². The van der Waals surface area contributed by atoms with Crippen molar-refractivity contribution in [1.29, 1.82) is 0 Å². The Morgan fingerprint density at radius 2 is 1.67 bits per heavy atom. The topological polar surface area (TPSA) is 78.0 Å². The molecule has 0 N–H and O–H groups in total. The Hall–Kier alpha value is -3.39. The van der Waals surface area contributed by atoms with Gasteiger partial charge in [0.1, 0.15) is 18.1 Å². The van der Waals surface area contributed by atoms with Crippen LogP contribution < -0.4 is 14.4 Å². The average Bonchev–Trinajstić information content (AvgIpc) is 3.21. The Morgan fingerprint density at radius 3 is 2.37 bits per heavy atom. The standard InChI is InChI=1S/C22H22N2O5S/c1-15(25)24(18-9-5-7-11-20(18)28-3)22-23-17(14-30-22)13-29-21(26)12-16-8-4-6-10-19(16)27-2/h4-11,14H,12-13H2,1-3H3. The van der Waals surface area contributed by atoms with Gasteiger partial charge in [-0.15, -0.1) is 11.3 Å². The van der Waals surface area contributed by atoms with Crippen LogP contribution in [0.1, 0.15) is 18.2 Å². The summed E-state index contributed by atoms with van der Waals surface area (Å²) in [7, 11) is 3.11. The third-order valence-corrected chi connectivity index (χ3v) is 5.15. The van der Waals surface area contributed by atoms with Gasteiger partial charge in [0.05, 0.1) is 32.0 Å². The van der Waals surface area contributed by atoms with E-state index in [2.05, 4.69) is 4.98 Å². The summed E-state index contributed by atoms with van der Waals surface area (Å²) in [4.78, 5) is 30.5. The van der Waals surface area contributed by atoms with E-state index in [-0.39, 0.29) is 24.9 Å². The minimum absolute atomic E-state index is 0.0160. The van der Waals surface area contributed by atoms with Crippen LogP contribution in [0.15, 0.2) is 53.9 Å². The van der Waals surface area contributed by atoms with Crippen LogP contribution in [0.2, 0.25) is 0 Å². The smallest absolute Gasteiger partial charge is 0.310 e. The van der Waals surface area contributed by atoms with Gasteiger partial charge in [0.15, 0.2) is 5.13 Å². The molecule has 0 saturated heterocycles. The molecule has 0 atom stereocenters. The number of nitrogens with zero attached hydrogens (tertiary/aromatic N) is 2. The molecule has 30 heavy (non-hydrogen) atoms. The summed E-state index contributed by atoms with van der Waals surface area (Å²) in [6.45, 7) is 1.48. The number of anilines is 2. The minimum atomic E-state index is -0.387. The fraction of sp³-hybridized carbons (Fsp3) is 0.227. The highest BCUT2D eigenvalue weighted by Gasteiger charge is 2.21. The molecule has 0 fully saturated rings. The first-order valence-electron chi connectivity index (χ1n) is 9.19. The van der Waals surface area contributed by atoms with Gasteiger partial charge in [0, 0.05) is 17.9 Å². The Balaban J connectivity index is 1.69. The molecule has 8 heteroatoms. The second kappa shape index (κ2) is 9.89. The molecular formula is C22H22N2O5S. The number of thiazole rings is 1. The normalized spacial score (nSPS) is 10.4. The monoisotopic (exact) mass is 426 g/mol. The van der Waals surface area contributed by atoms with Crippen LogP contribution in [0, 0.1) is 0 Å². The van der Waals surface area contributed by atoms with Crippen molar-refractivity contribution in [2.75, 3.05) is 19.1 Å². The number of hydrogen-bond donors (Lipinski definition) is 0. The fourth-order valence-electron chi connectivity index (χ4n) is 2.90. The van der Waals surface area contributed by atoms with Crippen molar-refractivity contribution in [3.8, 4) is 11.5 Å². The molecule has 7 nitrogen and oxygen atoms in total. The molecule has 0 aliphatic carbocycles. The Morgan fingerprint density at radius 1 is 1.00 bits per heavy atom. The average molecular weight is 426 g/mol. The number of hydrogen-bond acceptors (Lipinski definition) is 7. The number of carbonyl (C=O) groups excluding carboxylic acids is 2. The van der Waals surface area contributed by atoms with Crippen LogP contribution in [-0.4, -0.2) is 31.1 Å². The van der Waals surface area contributed by atoms with Crippen molar-refractivity contribution in [3.63, 3.8) is 0 Å². The van der Waals surface area contributed by atoms with Crippen LogP contribution in [0.5, 0.6) is 11.5 Å². The van der Waals surface area contributed by atoms with E-state index in [1.807, 2.05) is 30.3 Å². The number of benzene rings is 2. The van der Waals surface area contributed by atoms with Crippen molar-refractivity contribution in [1.82, 2.24) is 4.98 Å². The van der Waals surface area contributed by atoms with Gasteiger partial charge in [0.2, 0.25) is 5.91 Å². The van der Waals surface area contributed by atoms with Crippen molar-refractivity contribution in [2.24, 2.45) is 0 Å². The Kier molecular flexibility index (Phi) is 7.03. The number of methoxy groups -OCH3 is 2. The number of aromatic nitrogens is 1. The molecule has 0 aliphatic heterocycles. The van der Waals surface area contributed by atoms with E-state index in [1.165, 1.54) is 23.2 Å². The first-order valence-corrected chi connectivity index (χ1v) is 10.1. The van der Waals surface area contributed by atoms with Gasteiger partial charge in [-0.05, 0) is 18.2 Å². The summed E-state index contributed by atoms with van der Waals surface area (Å²) in [5.74, 6) is 0.614. The Bertz CT molecular complexity index is 1030. The van der Waals surface area contributed by atoms with Crippen LogP contribution in [0.3, 0.4) is 0 Å². The lowest BCUT2D eigenvalue weighted by Gasteiger charge is -2.20. The predicted molar refractivity (Wildman–Crippen MR) is 114 cm³/mol. The van der Waals surface area contributed by atoms with Crippen LogP contribution in [0.4, 0.5) is 10.8 Å². The van der Waals surface area contributed by atoms with Crippen molar-refractivity contribution >= 4 is 34.0 Å². The van der Waals surface area contributed by atoms with E-state index in [9.17, 15) is 9.59 Å². The van der Waals surface area contributed by atoms with E-state index in [1.54, 1.807) is 37.8 Å². The highest BCUT2D eigenvalue weighted by atomic mass is 32.1. The molecule has 0 saturated carbocycles. The van der Waals surface area contributed by atoms with E-state index >= 15 is 0 Å². The minimum Gasteiger partial charge on any atom is -0.496 e. The molecular weight excluding hydrogens is 404 g/mol. The maximum atomic E-state index is 12.3. The summed E-state index contributed by atoms with van der Waals surface area (Å²) in [6.07, 6.45) is 0.0990. The molecule has 1 amide bonds. The van der Waals surface area contributed by atoms with Crippen molar-refractivity contribution in [2.45, 2.75) is 20.0 Å². The Labute approximate surface area is 178 Å². The van der Waals surface area contributed by atoms with E-state index in [0.29, 0.717) is 28.0 Å². The van der Waals surface area contributed by atoms with Gasteiger partial charge in [0.25, 0.3) is 0 Å². The van der Waals surface area contributed by atoms with Gasteiger partial charge in [-0.1, -0.05) is 30.3 Å². The lowest BCUT2D eigenvalue weighted by Crippen LogP contribution is -2.23. The predicted octanol–water partition coefficient (Wildman–Crippen LogP) is 4.13. The van der Waals surface area contributed by atoms with E-state index < -0.39 is 0 Å². The zero-order valence-corrected chi connectivity index (χ0v) is 17.8. The fourth-order valence-corrected chi connectivity index (χ4v) is 3.76. The van der Waals surface area contributed by atoms with Gasteiger partial charge in [-0.3, -0.25) is 14.5 Å². The first-order chi connectivity index (χ1) is 14.5. The van der Waals surface area contributed by atoms with Gasteiger partial charge < -0.3 is 14.2 Å². The SMILES string of the molecule is COc1ccccc1CC(=O)OCc1csc(N(C(C)=O)c2ccccc2OC)n1. The molecule has 1 heterocycles. The molecule has 1 aromatic heterocycles. The zero-order valence-electron chi connectivity index (χ0n) is 17.0. The highest BCUT2D eigenvalue weighted by Crippen LogP contribution is 2.35. The molecule has 0 spiro atoms. The van der Waals surface area contributed by atoms with Gasteiger partial charge >= 0.3 is 5.97 Å². The molecule has 0 radical (unpaired) electrons. The number of carbonyl (C=O) groups is 2. The zero-order chi connectivity index (χ0) is 21.5. The number of para-hydroxylation sites is 3. The quantitative estimate of drug-likeness (QED) is 0.504. The van der Waals surface area contributed by atoms with Crippen molar-refractivity contribution in [3.05, 3.63) is 65.2 Å². The largest absolute Gasteiger partial charge is 0.496 e.